The van der Waals surface area contributed by atoms with E-state index in [1.165, 1.54) is 11.6 Å². The Bertz CT molecular complexity index is 534. The van der Waals surface area contributed by atoms with E-state index in [0.717, 1.165) is 28.6 Å². The van der Waals surface area contributed by atoms with Crippen LogP contribution in [0.25, 0.3) is 0 Å². The Kier molecular flexibility index (Phi) is 4.97. The monoisotopic (exact) mass is 321 g/mol. The summed E-state index contributed by atoms with van der Waals surface area (Å²) < 4.78 is 14.1. The van der Waals surface area contributed by atoms with Crippen LogP contribution in [0, 0.1) is 5.82 Å². The quantitative estimate of drug-likeness (QED) is 0.802. The minimum absolute atomic E-state index is 0.215. The number of para-hydroxylation sites is 1. The zero-order valence-electron chi connectivity index (χ0n) is 10.9. The third-order valence-corrected chi connectivity index (χ3v) is 3.40. The SMILES string of the molecule is CCCc1ccccc1NCc1cc(F)cc(Br)c1. The Balaban J connectivity index is 2.09. The number of hydrogen-bond donors (Lipinski definition) is 1. The van der Waals surface area contributed by atoms with Gasteiger partial charge in [-0.15, -0.1) is 0 Å². The summed E-state index contributed by atoms with van der Waals surface area (Å²) in [5, 5.41) is 3.38. The van der Waals surface area contributed by atoms with Crippen molar-refractivity contribution in [1.82, 2.24) is 0 Å². The lowest BCUT2D eigenvalue weighted by atomic mass is 10.1. The first kappa shape index (κ1) is 14.1. The molecule has 0 bridgehead atoms. The molecule has 3 heteroatoms. The smallest absolute Gasteiger partial charge is 0.124 e. The van der Waals surface area contributed by atoms with Gasteiger partial charge >= 0.3 is 0 Å². The number of anilines is 1. The molecular weight excluding hydrogens is 305 g/mol. The highest BCUT2D eigenvalue weighted by Gasteiger charge is 2.02. The highest BCUT2D eigenvalue weighted by atomic mass is 79.9. The predicted molar refractivity (Wildman–Crippen MR) is 81.9 cm³/mol. The molecule has 0 atom stereocenters. The number of benzene rings is 2. The van der Waals surface area contributed by atoms with Crippen molar-refractivity contribution < 1.29 is 4.39 Å². The third-order valence-electron chi connectivity index (χ3n) is 2.94. The Labute approximate surface area is 122 Å². The molecule has 1 nitrogen and oxygen atoms in total. The second-order valence-corrected chi connectivity index (χ2v) is 5.45. The molecule has 0 saturated carbocycles. The highest BCUT2D eigenvalue weighted by molar-refractivity contribution is 9.10. The van der Waals surface area contributed by atoms with Gasteiger partial charge in [0.2, 0.25) is 0 Å². The summed E-state index contributed by atoms with van der Waals surface area (Å²) in [7, 11) is 0. The van der Waals surface area contributed by atoms with Gasteiger partial charge in [0.15, 0.2) is 0 Å². The van der Waals surface area contributed by atoms with Crippen molar-refractivity contribution in [2.45, 2.75) is 26.3 Å². The summed E-state index contributed by atoms with van der Waals surface area (Å²) in [6, 6.07) is 13.2. The molecule has 100 valence electrons. The number of aryl methyl sites for hydroxylation is 1. The summed E-state index contributed by atoms with van der Waals surface area (Å²) in [4.78, 5) is 0. The van der Waals surface area contributed by atoms with E-state index in [1.807, 2.05) is 12.1 Å². The van der Waals surface area contributed by atoms with Gasteiger partial charge in [0.05, 0.1) is 0 Å². The van der Waals surface area contributed by atoms with Gasteiger partial charge in [-0.1, -0.05) is 47.5 Å². The molecule has 0 aliphatic rings. The Morgan fingerprint density at radius 2 is 1.95 bits per heavy atom. The number of rotatable bonds is 5. The first-order valence-electron chi connectivity index (χ1n) is 6.46. The molecule has 0 saturated heterocycles. The van der Waals surface area contributed by atoms with E-state index in [4.69, 9.17) is 0 Å². The Hall–Kier alpha value is -1.35. The van der Waals surface area contributed by atoms with E-state index in [0.29, 0.717) is 6.54 Å². The molecule has 2 aromatic rings. The van der Waals surface area contributed by atoms with Gasteiger partial charge < -0.3 is 5.32 Å². The fourth-order valence-corrected chi connectivity index (χ4v) is 2.60. The van der Waals surface area contributed by atoms with Crippen LogP contribution >= 0.6 is 15.9 Å². The first-order chi connectivity index (χ1) is 9.19. The summed E-state index contributed by atoms with van der Waals surface area (Å²) in [5.74, 6) is -0.215. The van der Waals surface area contributed by atoms with Crippen molar-refractivity contribution in [1.29, 1.82) is 0 Å². The van der Waals surface area contributed by atoms with Crippen LogP contribution in [0.5, 0.6) is 0 Å². The topological polar surface area (TPSA) is 12.0 Å². The maximum atomic E-state index is 13.3. The zero-order valence-corrected chi connectivity index (χ0v) is 12.5. The number of halogens is 2. The zero-order chi connectivity index (χ0) is 13.7. The molecule has 0 radical (unpaired) electrons. The summed E-state index contributed by atoms with van der Waals surface area (Å²) in [6.07, 6.45) is 2.17. The molecule has 0 aliphatic heterocycles. The van der Waals surface area contributed by atoms with Gasteiger partial charge in [-0.3, -0.25) is 0 Å². The number of nitrogens with one attached hydrogen (secondary N) is 1. The molecule has 19 heavy (non-hydrogen) atoms. The normalized spacial score (nSPS) is 10.5. The van der Waals surface area contributed by atoms with Crippen LogP contribution in [0.1, 0.15) is 24.5 Å². The lowest BCUT2D eigenvalue weighted by Gasteiger charge is -2.12. The van der Waals surface area contributed by atoms with Crippen LogP contribution in [0.3, 0.4) is 0 Å². The molecule has 0 heterocycles. The first-order valence-corrected chi connectivity index (χ1v) is 7.25. The van der Waals surface area contributed by atoms with Crippen LogP contribution in [-0.2, 0) is 13.0 Å². The van der Waals surface area contributed by atoms with Gasteiger partial charge in [-0.25, -0.2) is 4.39 Å². The molecule has 0 aliphatic carbocycles. The average Bonchev–Trinajstić information content (AvgIpc) is 2.37. The average molecular weight is 322 g/mol. The van der Waals surface area contributed by atoms with Crippen molar-refractivity contribution in [3.8, 4) is 0 Å². The van der Waals surface area contributed by atoms with E-state index >= 15 is 0 Å². The standard InChI is InChI=1S/C16H17BrFN/c1-2-5-13-6-3-4-7-16(13)19-11-12-8-14(17)10-15(18)9-12/h3-4,6-10,19H,2,5,11H2,1H3. The van der Waals surface area contributed by atoms with E-state index in [1.54, 1.807) is 6.07 Å². The second kappa shape index (κ2) is 6.71. The minimum atomic E-state index is -0.215. The third kappa shape index (κ3) is 4.06. The maximum absolute atomic E-state index is 13.3. The fourth-order valence-electron chi connectivity index (χ4n) is 2.09. The molecule has 1 N–H and O–H groups in total. The minimum Gasteiger partial charge on any atom is -0.381 e. The summed E-state index contributed by atoms with van der Waals surface area (Å²) >= 11 is 3.31. The molecule has 0 amide bonds. The second-order valence-electron chi connectivity index (χ2n) is 4.54. The van der Waals surface area contributed by atoms with Crippen molar-refractivity contribution in [2.75, 3.05) is 5.32 Å². The number of hydrogen-bond acceptors (Lipinski definition) is 1. The Morgan fingerprint density at radius 3 is 2.68 bits per heavy atom. The maximum Gasteiger partial charge on any atom is 0.124 e. The van der Waals surface area contributed by atoms with Crippen LogP contribution in [0.2, 0.25) is 0 Å². The largest absolute Gasteiger partial charge is 0.381 e. The molecular formula is C16H17BrFN. The lowest BCUT2D eigenvalue weighted by Crippen LogP contribution is -2.02. The van der Waals surface area contributed by atoms with Gasteiger partial charge in [0, 0.05) is 16.7 Å². The molecule has 0 spiro atoms. The van der Waals surface area contributed by atoms with E-state index in [-0.39, 0.29) is 5.82 Å². The van der Waals surface area contributed by atoms with Crippen LogP contribution in [-0.4, -0.2) is 0 Å². The van der Waals surface area contributed by atoms with Gasteiger partial charge in [-0.05, 0) is 41.8 Å². The van der Waals surface area contributed by atoms with Gasteiger partial charge in [0.25, 0.3) is 0 Å². The Morgan fingerprint density at radius 1 is 1.16 bits per heavy atom. The van der Waals surface area contributed by atoms with Crippen LogP contribution in [0.4, 0.5) is 10.1 Å². The van der Waals surface area contributed by atoms with Crippen molar-refractivity contribution in [3.63, 3.8) is 0 Å². The molecule has 0 unspecified atom stereocenters. The highest BCUT2D eigenvalue weighted by Crippen LogP contribution is 2.19. The fraction of sp³-hybridized carbons (Fsp3) is 0.250. The molecule has 0 aromatic heterocycles. The summed E-state index contributed by atoms with van der Waals surface area (Å²) in [5.41, 5.74) is 3.36. The van der Waals surface area contributed by atoms with Crippen molar-refractivity contribution in [2.24, 2.45) is 0 Å². The predicted octanol–water partition coefficient (Wildman–Crippen LogP) is 5.15. The van der Waals surface area contributed by atoms with Crippen molar-refractivity contribution in [3.05, 3.63) is 63.9 Å². The van der Waals surface area contributed by atoms with E-state index in [9.17, 15) is 4.39 Å². The van der Waals surface area contributed by atoms with Crippen LogP contribution < -0.4 is 5.32 Å². The van der Waals surface area contributed by atoms with Gasteiger partial charge in [-0.2, -0.15) is 0 Å². The lowest BCUT2D eigenvalue weighted by molar-refractivity contribution is 0.625. The van der Waals surface area contributed by atoms with Crippen LogP contribution in [0.15, 0.2) is 46.9 Å². The van der Waals surface area contributed by atoms with Gasteiger partial charge in [0.1, 0.15) is 5.82 Å². The molecule has 2 rings (SSSR count). The van der Waals surface area contributed by atoms with E-state index in [2.05, 4.69) is 46.4 Å². The molecule has 2 aromatic carbocycles. The molecule has 0 fully saturated rings. The van der Waals surface area contributed by atoms with E-state index < -0.39 is 0 Å². The van der Waals surface area contributed by atoms with Crippen molar-refractivity contribution >= 4 is 21.6 Å². The summed E-state index contributed by atoms with van der Waals surface area (Å²) in [6.45, 7) is 2.79.